The predicted molar refractivity (Wildman–Crippen MR) is 99.6 cm³/mol. The van der Waals surface area contributed by atoms with Gasteiger partial charge in [-0.3, -0.25) is 4.79 Å². The van der Waals surface area contributed by atoms with Crippen molar-refractivity contribution in [2.45, 2.75) is 72.0 Å². The molecule has 140 valence electrons. The van der Waals surface area contributed by atoms with Gasteiger partial charge in [0, 0.05) is 6.42 Å². The molecule has 5 nitrogen and oxygen atoms in total. The van der Waals surface area contributed by atoms with Crippen molar-refractivity contribution in [1.82, 2.24) is 5.32 Å². The van der Waals surface area contributed by atoms with E-state index in [4.69, 9.17) is 4.74 Å². The Bertz CT molecular complexity index is 620. The number of rotatable bonds is 5. The normalized spacial score (nSPS) is 25.4. The van der Waals surface area contributed by atoms with Crippen molar-refractivity contribution in [3.8, 4) is 5.75 Å². The first-order valence-corrected chi connectivity index (χ1v) is 9.01. The van der Waals surface area contributed by atoms with Gasteiger partial charge in [0.15, 0.2) is 0 Å². The van der Waals surface area contributed by atoms with Crippen LogP contribution in [0.4, 0.5) is 0 Å². The fourth-order valence-electron chi connectivity index (χ4n) is 3.93. The number of amides is 1. The monoisotopic (exact) mass is 348 g/mol. The molecule has 1 amide bonds. The van der Waals surface area contributed by atoms with Crippen LogP contribution in [0, 0.1) is 25.0 Å². The summed E-state index contributed by atoms with van der Waals surface area (Å²) in [6.45, 7) is 14.0. The molecular formula is C20H32N2O3. The minimum Gasteiger partial charge on any atom is -0.634 e. The largest absolute Gasteiger partial charge is 0.634 e. The van der Waals surface area contributed by atoms with Crippen LogP contribution in [0.25, 0.3) is 0 Å². The fraction of sp³-hybridized carbons (Fsp3) is 0.650. The van der Waals surface area contributed by atoms with Gasteiger partial charge in [-0.1, -0.05) is 18.2 Å². The van der Waals surface area contributed by atoms with Gasteiger partial charge in [0.05, 0.1) is 17.5 Å². The van der Waals surface area contributed by atoms with Gasteiger partial charge in [0.25, 0.3) is 0 Å². The molecule has 3 atom stereocenters. The summed E-state index contributed by atoms with van der Waals surface area (Å²) in [6.07, 6.45) is 0.592. The number of hydrogen-bond donors (Lipinski definition) is 2. The van der Waals surface area contributed by atoms with Gasteiger partial charge in [-0.15, -0.1) is 0 Å². The Balaban J connectivity index is 1.97. The molecule has 0 saturated carbocycles. The van der Waals surface area contributed by atoms with Crippen LogP contribution in [-0.4, -0.2) is 29.6 Å². The number of nitrogens with one attached hydrogen (secondary N) is 2. The third-order valence-electron chi connectivity index (χ3n) is 5.38. The van der Waals surface area contributed by atoms with Crippen LogP contribution in [0.1, 0.15) is 52.2 Å². The maximum Gasteiger partial charge on any atom is 0.230 e. The van der Waals surface area contributed by atoms with E-state index >= 15 is 0 Å². The highest BCUT2D eigenvalue weighted by molar-refractivity contribution is 5.80. The highest BCUT2D eigenvalue weighted by atomic mass is 16.5. The number of carbonyl (C=O) groups is 1. The van der Waals surface area contributed by atoms with Crippen LogP contribution in [-0.2, 0) is 4.79 Å². The van der Waals surface area contributed by atoms with E-state index in [2.05, 4.69) is 5.32 Å². The molecule has 2 N–H and O–H groups in total. The van der Waals surface area contributed by atoms with Crippen molar-refractivity contribution < 1.29 is 14.6 Å². The molecule has 1 heterocycles. The van der Waals surface area contributed by atoms with Crippen molar-refractivity contribution in [3.05, 3.63) is 34.5 Å². The SMILES string of the molecule is Cc1cccc(C)c1OCC(C)NC(=O)C1CC(C)(C)[NH+]([O-])C1(C)C. The second kappa shape index (κ2) is 6.96. The summed E-state index contributed by atoms with van der Waals surface area (Å²) >= 11 is 0. The van der Waals surface area contributed by atoms with Crippen molar-refractivity contribution in [2.24, 2.45) is 5.92 Å². The molecule has 2 rings (SSSR count). The molecule has 0 aromatic heterocycles. The molecule has 25 heavy (non-hydrogen) atoms. The summed E-state index contributed by atoms with van der Waals surface area (Å²) in [5.41, 5.74) is 1.11. The molecule has 1 aliphatic rings. The van der Waals surface area contributed by atoms with Crippen LogP contribution < -0.4 is 15.1 Å². The van der Waals surface area contributed by atoms with Crippen LogP contribution >= 0.6 is 0 Å². The van der Waals surface area contributed by atoms with Crippen LogP contribution in [0.15, 0.2) is 18.2 Å². The van der Waals surface area contributed by atoms with Gasteiger partial charge in [0.2, 0.25) is 5.91 Å². The number of para-hydroxylation sites is 1. The lowest BCUT2D eigenvalue weighted by Crippen LogP contribution is -3.19. The van der Waals surface area contributed by atoms with Crippen molar-refractivity contribution >= 4 is 5.91 Å². The molecule has 3 unspecified atom stereocenters. The summed E-state index contributed by atoms with van der Waals surface area (Å²) in [6, 6.07) is 5.91. The summed E-state index contributed by atoms with van der Waals surface area (Å²) in [5.74, 6) is 0.528. The molecule has 1 aliphatic heterocycles. The van der Waals surface area contributed by atoms with Crippen molar-refractivity contribution in [2.75, 3.05) is 6.61 Å². The smallest absolute Gasteiger partial charge is 0.230 e. The zero-order valence-corrected chi connectivity index (χ0v) is 16.5. The highest BCUT2D eigenvalue weighted by Crippen LogP contribution is 2.31. The molecule has 1 aromatic carbocycles. The van der Waals surface area contributed by atoms with E-state index in [1.165, 1.54) is 0 Å². The van der Waals surface area contributed by atoms with E-state index < -0.39 is 11.1 Å². The van der Waals surface area contributed by atoms with E-state index in [-0.39, 0.29) is 22.9 Å². The minimum atomic E-state index is -0.624. The van der Waals surface area contributed by atoms with Crippen molar-refractivity contribution in [1.29, 1.82) is 0 Å². The van der Waals surface area contributed by atoms with Crippen LogP contribution in [0.2, 0.25) is 0 Å². The van der Waals surface area contributed by atoms with Gasteiger partial charge in [-0.2, -0.15) is 0 Å². The molecule has 0 radical (unpaired) electrons. The van der Waals surface area contributed by atoms with E-state index in [1.807, 2.05) is 66.7 Å². The first-order chi connectivity index (χ1) is 11.5. The summed E-state index contributed by atoms with van der Waals surface area (Å²) < 4.78 is 5.93. The fourth-order valence-corrected chi connectivity index (χ4v) is 3.93. The first kappa shape index (κ1) is 19.7. The van der Waals surface area contributed by atoms with Gasteiger partial charge in [-0.05, 0) is 59.6 Å². The Morgan fingerprint density at radius 1 is 1.32 bits per heavy atom. The molecule has 0 bridgehead atoms. The molecule has 0 aliphatic carbocycles. The Morgan fingerprint density at radius 2 is 1.88 bits per heavy atom. The van der Waals surface area contributed by atoms with Gasteiger partial charge in [-0.25, -0.2) is 0 Å². The number of hydroxylamine groups is 2. The molecule has 1 saturated heterocycles. The maximum absolute atomic E-state index is 12.7. The Hall–Kier alpha value is -1.59. The third kappa shape index (κ3) is 3.98. The third-order valence-corrected chi connectivity index (χ3v) is 5.38. The van der Waals surface area contributed by atoms with Crippen LogP contribution in [0.3, 0.4) is 0 Å². The second-order valence-electron chi connectivity index (χ2n) is 8.63. The number of benzene rings is 1. The molecule has 1 aromatic rings. The number of carbonyl (C=O) groups excluding carboxylic acids is 1. The number of hydrogen-bond acceptors (Lipinski definition) is 3. The first-order valence-electron chi connectivity index (χ1n) is 9.01. The Morgan fingerprint density at radius 3 is 2.36 bits per heavy atom. The van der Waals surface area contributed by atoms with Gasteiger partial charge in [0.1, 0.15) is 17.9 Å². The Kier molecular flexibility index (Phi) is 5.50. The lowest BCUT2D eigenvalue weighted by molar-refractivity contribution is -0.933. The van der Waals surface area contributed by atoms with E-state index in [0.29, 0.717) is 13.0 Å². The molecule has 5 heteroatoms. The number of ether oxygens (including phenoxy) is 1. The van der Waals surface area contributed by atoms with E-state index in [0.717, 1.165) is 16.9 Å². The summed E-state index contributed by atoms with van der Waals surface area (Å²) in [4.78, 5) is 12.7. The lowest BCUT2D eigenvalue weighted by Gasteiger charge is -2.41. The topological polar surface area (TPSA) is 65.8 Å². The van der Waals surface area contributed by atoms with E-state index in [9.17, 15) is 10.0 Å². The second-order valence-corrected chi connectivity index (χ2v) is 8.63. The van der Waals surface area contributed by atoms with Gasteiger partial charge < -0.3 is 20.3 Å². The van der Waals surface area contributed by atoms with Gasteiger partial charge >= 0.3 is 0 Å². The average Bonchev–Trinajstić information content (AvgIpc) is 2.66. The number of quaternary nitrogens is 1. The highest BCUT2D eigenvalue weighted by Gasteiger charge is 2.54. The lowest BCUT2D eigenvalue weighted by atomic mass is 9.86. The van der Waals surface area contributed by atoms with Crippen LogP contribution in [0.5, 0.6) is 5.75 Å². The Labute approximate surface area is 151 Å². The summed E-state index contributed by atoms with van der Waals surface area (Å²) in [7, 11) is 0. The zero-order chi connectivity index (χ0) is 19.0. The van der Waals surface area contributed by atoms with Crippen molar-refractivity contribution in [3.63, 3.8) is 0 Å². The molecule has 0 spiro atoms. The predicted octanol–water partition coefficient (Wildman–Crippen LogP) is 2.15. The quantitative estimate of drug-likeness (QED) is 0.801. The summed E-state index contributed by atoms with van der Waals surface area (Å²) in [5, 5.41) is 15.7. The van der Waals surface area contributed by atoms with E-state index in [1.54, 1.807) is 0 Å². The maximum atomic E-state index is 12.7. The molecular weight excluding hydrogens is 316 g/mol. The standard InChI is InChI=1S/C20H32N2O3/c1-13-9-8-10-14(2)17(13)25-12-15(3)21-18(23)16-11-19(4,5)22(24)20(16,6)7/h8-10,15-16,22H,11-12H2,1-7H3,(H,21,23). The number of aryl methyl sites for hydroxylation is 2. The molecule has 1 fully saturated rings. The average molecular weight is 348 g/mol. The zero-order valence-electron chi connectivity index (χ0n) is 16.5. The minimum absolute atomic E-state index is 0.0541.